The summed E-state index contributed by atoms with van der Waals surface area (Å²) in [5, 5.41) is 6.90. The van der Waals surface area contributed by atoms with Crippen LogP contribution in [0.2, 0.25) is 0 Å². The van der Waals surface area contributed by atoms with Crippen LogP contribution in [0.4, 0.5) is 0 Å². The number of H-pyrrole nitrogens is 1. The number of amidine groups is 1. The number of nitrogens with one attached hydrogen (secondary N) is 2. The summed E-state index contributed by atoms with van der Waals surface area (Å²) in [4.78, 5) is 27.7. The molecular formula is C12H13BrN4O4. The molecule has 0 fully saturated rings. The number of esters is 1. The first kappa shape index (κ1) is 16.6. The molecule has 0 spiro atoms. The summed E-state index contributed by atoms with van der Waals surface area (Å²) >= 11 is 3.31. The van der Waals surface area contributed by atoms with Crippen LogP contribution in [0.25, 0.3) is 10.9 Å². The largest absolute Gasteiger partial charge is 0.495 e. The zero-order chi connectivity index (χ0) is 16.0. The van der Waals surface area contributed by atoms with Crippen molar-refractivity contribution in [1.82, 2.24) is 9.97 Å². The number of carbonyl (C=O) groups is 1. The highest BCUT2D eigenvalue weighted by Gasteiger charge is 2.05. The molecule has 21 heavy (non-hydrogen) atoms. The Hall–Kier alpha value is -2.42. The Morgan fingerprint density at radius 2 is 2.14 bits per heavy atom. The van der Waals surface area contributed by atoms with Crippen molar-refractivity contribution in [2.24, 2.45) is 5.73 Å². The maximum absolute atomic E-state index is 11.4. The van der Waals surface area contributed by atoms with Gasteiger partial charge in [-0.2, -0.15) is 0 Å². The second kappa shape index (κ2) is 7.39. The minimum Gasteiger partial charge on any atom is -0.495 e. The van der Waals surface area contributed by atoms with Crippen LogP contribution in [0.15, 0.2) is 27.7 Å². The number of hydrogen-bond donors (Lipinski definition) is 3. The van der Waals surface area contributed by atoms with Crippen LogP contribution >= 0.6 is 15.9 Å². The zero-order valence-electron chi connectivity index (χ0n) is 11.3. The van der Waals surface area contributed by atoms with Gasteiger partial charge in [-0.3, -0.25) is 15.0 Å². The molecule has 0 unspecified atom stereocenters. The third-order valence-electron chi connectivity index (χ3n) is 2.17. The van der Waals surface area contributed by atoms with Crippen LogP contribution in [0, 0.1) is 5.41 Å². The van der Waals surface area contributed by atoms with E-state index >= 15 is 0 Å². The second-order valence-corrected chi connectivity index (χ2v) is 4.55. The number of nitrogens with two attached hydrogens (primary N) is 1. The van der Waals surface area contributed by atoms with Crippen molar-refractivity contribution in [3.8, 4) is 5.75 Å². The van der Waals surface area contributed by atoms with Gasteiger partial charge in [-0.25, -0.2) is 4.98 Å². The molecule has 0 saturated carbocycles. The molecule has 0 amide bonds. The molecule has 9 heteroatoms. The van der Waals surface area contributed by atoms with Crippen molar-refractivity contribution in [3.05, 3.63) is 33.3 Å². The molecule has 112 valence electrons. The minimum absolute atomic E-state index is 0.154. The van der Waals surface area contributed by atoms with Crippen molar-refractivity contribution in [2.75, 3.05) is 7.11 Å². The molecule has 1 heterocycles. The molecule has 4 N–H and O–H groups in total. The predicted octanol–water partition coefficient (Wildman–Crippen LogP) is 1.14. The lowest BCUT2D eigenvalue weighted by Crippen LogP contribution is -2.16. The van der Waals surface area contributed by atoms with Crippen LogP contribution in [0.1, 0.15) is 6.92 Å². The Labute approximate surface area is 127 Å². The fraction of sp³-hybridized carbons (Fsp3) is 0.167. The molecule has 0 saturated heterocycles. The lowest BCUT2D eigenvalue weighted by atomic mass is 10.2. The van der Waals surface area contributed by atoms with Crippen molar-refractivity contribution in [2.45, 2.75) is 6.92 Å². The zero-order valence-corrected chi connectivity index (χ0v) is 12.9. The molecule has 0 aliphatic heterocycles. The van der Waals surface area contributed by atoms with Crippen LogP contribution < -0.4 is 16.0 Å². The molecule has 0 atom stereocenters. The number of ether oxygens (including phenoxy) is 2. The van der Waals surface area contributed by atoms with Crippen molar-refractivity contribution >= 4 is 38.8 Å². The minimum atomic E-state index is -0.562. The Morgan fingerprint density at radius 1 is 1.48 bits per heavy atom. The number of halogens is 1. The van der Waals surface area contributed by atoms with E-state index in [0.717, 1.165) is 4.47 Å². The maximum Gasteiger partial charge on any atom is 0.310 e. The molecule has 0 bridgehead atoms. The predicted molar refractivity (Wildman–Crippen MR) is 80.3 cm³/mol. The van der Waals surface area contributed by atoms with Gasteiger partial charge in [-0.05, 0) is 22.0 Å². The Kier molecular flexibility index (Phi) is 5.85. The van der Waals surface area contributed by atoms with E-state index in [2.05, 4.69) is 36.4 Å². The van der Waals surface area contributed by atoms with Gasteiger partial charge in [-0.1, -0.05) is 0 Å². The number of aromatic nitrogens is 2. The molecule has 0 aliphatic rings. The van der Waals surface area contributed by atoms with Gasteiger partial charge >= 0.3 is 5.97 Å². The average Bonchev–Trinajstić information content (AvgIpc) is 2.38. The number of fused-ring (bicyclic) bond motifs is 1. The highest BCUT2D eigenvalue weighted by Crippen LogP contribution is 2.27. The molecule has 1 aromatic carbocycles. The molecule has 8 nitrogen and oxygen atoms in total. The van der Waals surface area contributed by atoms with Crippen LogP contribution in [0.5, 0.6) is 5.75 Å². The third kappa shape index (κ3) is 4.88. The van der Waals surface area contributed by atoms with Crippen molar-refractivity contribution in [3.63, 3.8) is 0 Å². The van der Waals surface area contributed by atoms with Gasteiger partial charge in [0.1, 0.15) is 5.75 Å². The standard InChI is InChI=1S/C9H7BrN2O2.C3H6N2O2/c1-14-8-3-7-5(2-6(8)10)9(13)12-4-11-7;1-2(6)7-3(4)5/h2-4H,1H3,(H,11,12,13);1H3,(H3,4,5). The summed E-state index contributed by atoms with van der Waals surface area (Å²) < 4.78 is 9.81. The Morgan fingerprint density at radius 3 is 2.62 bits per heavy atom. The number of nitrogens with zero attached hydrogens (tertiary/aromatic N) is 1. The quantitative estimate of drug-likeness (QED) is 0.398. The maximum atomic E-state index is 11.4. The fourth-order valence-corrected chi connectivity index (χ4v) is 1.89. The summed E-state index contributed by atoms with van der Waals surface area (Å²) in [5.41, 5.74) is 5.10. The second-order valence-electron chi connectivity index (χ2n) is 3.69. The first-order valence-corrected chi connectivity index (χ1v) is 6.37. The molecule has 0 radical (unpaired) electrons. The van der Waals surface area contributed by atoms with Crippen LogP contribution in [-0.4, -0.2) is 29.1 Å². The van der Waals surface area contributed by atoms with Gasteiger partial charge in [0.2, 0.25) is 0 Å². The van der Waals surface area contributed by atoms with Gasteiger partial charge in [-0.15, -0.1) is 0 Å². The van der Waals surface area contributed by atoms with Gasteiger partial charge in [0, 0.05) is 13.0 Å². The van der Waals surface area contributed by atoms with E-state index in [1.165, 1.54) is 13.3 Å². The topological polar surface area (TPSA) is 131 Å². The summed E-state index contributed by atoms with van der Waals surface area (Å²) in [6.45, 7) is 1.18. The highest BCUT2D eigenvalue weighted by molar-refractivity contribution is 9.10. The first-order chi connectivity index (χ1) is 9.85. The summed E-state index contributed by atoms with van der Waals surface area (Å²) in [5.74, 6) is 0.100. The normalized spacial score (nSPS) is 9.48. The van der Waals surface area contributed by atoms with E-state index in [1.807, 2.05) is 0 Å². The SMILES string of the molecule is CC(=O)OC(=N)N.COc1cc2nc[nH]c(=O)c2cc1Br. The van der Waals surface area contributed by atoms with Crippen LogP contribution in [0.3, 0.4) is 0 Å². The smallest absolute Gasteiger partial charge is 0.310 e. The number of benzene rings is 1. The van der Waals surface area contributed by atoms with Gasteiger partial charge in [0.05, 0.1) is 28.8 Å². The number of hydrogen-bond acceptors (Lipinski definition) is 6. The van der Waals surface area contributed by atoms with Gasteiger partial charge in [0.15, 0.2) is 0 Å². The van der Waals surface area contributed by atoms with E-state index in [0.29, 0.717) is 16.7 Å². The summed E-state index contributed by atoms with van der Waals surface area (Å²) in [6, 6.07) is 2.85. The number of aromatic amines is 1. The fourth-order valence-electron chi connectivity index (χ4n) is 1.38. The summed E-state index contributed by atoms with van der Waals surface area (Å²) in [6.07, 6.45) is 1.37. The molecule has 0 aliphatic carbocycles. The Balaban J connectivity index is 0.000000270. The average molecular weight is 357 g/mol. The van der Waals surface area contributed by atoms with E-state index in [1.54, 1.807) is 19.2 Å². The monoisotopic (exact) mass is 356 g/mol. The lowest BCUT2D eigenvalue weighted by Gasteiger charge is -2.03. The van der Waals surface area contributed by atoms with Crippen LogP contribution in [-0.2, 0) is 9.53 Å². The number of methoxy groups -OCH3 is 1. The molecular weight excluding hydrogens is 344 g/mol. The lowest BCUT2D eigenvalue weighted by molar-refractivity contribution is -0.133. The Bertz CT molecular complexity index is 717. The molecule has 1 aromatic heterocycles. The van der Waals surface area contributed by atoms with E-state index < -0.39 is 12.0 Å². The molecule has 2 aromatic rings. The number of rotatable bonds is 1. The van der Waals surface area contributed by atoms with Gasteiger partial charge < -0.3 is 20.2 Å². The third-order valence-corrected chi connectivity index (χ3v) is 2.79. The summed E-state index contributed by atoms with van der Waals surface area (Å²) in [7, 11) is 1.57. The first-order valence-electron chi connectivity index (χ1n) is 5.58. The van der Waals surface area contributed by atoms with Crippen molar-refractivity contribution < 1.29 is 14.3 Å². The van der Waals surface area contributed by atoms with E-state index in [-0.39, 0.29) is 5.56 Å². The van der Waals surface area contributed by atoms with E-state index in [9.17, 15) is 9.59 Å². The highest BCUT2D eigenvalue weighted by atomic mass is 79.9. The molecule has 2 rings (SSSR count). The van der Waals surface area contributed by atoms with Crippen molar-refractivity contribution in [1.29, 1.82) is 5.41 Å². The van der Waals surface area contributed by atoms with E-state index in [4.69, 9.17) is 10.1 Å². The van der Waals surface area contributed by atoms with Gasteiger partial charge in [0.25, 0.3) is 11.6 Å². The number of carbonyl (C=O) groups excluding carboxylic acids is 1.